The van der Waals surface area contributed by atoms with Gasteiger partial charge in [0.1, 0.15) is 11.2 Å². The number of fused-ring (bicyclic) bond motifs is 1. The molecule has 0 fully saturated rings. The number of nitrogens with zero attached hydrogens (tertiary/aromatic N) is 3. The number of rotatable bonds is 3. The number of hydrazine groups is 1. The third-order valence-corrected chi connectivity index (χ3v) is 4.27. The first-order chi connectivity index (χ1) is 14.0. The quantitative estimate of drug-likeness (QED) is 0.474. The van der Waals surface area contributed by atoms with Crippen molar-refractivity contribution in [1.29, 1.82) is 0 Å². The lowest BCUT2D eigenvalue weighted by Crippen LogP contribution is -2.41. The molecule has 0 bridgehead atoms. The predicted molar refractivity (Wildman–Crippen MR) is 96.8 cm³/mol. The highest BCUT2D eigenvalue weighted by atomic mass is 19.4. The summed E-state index contributed by atoms with van der Waals surface area (Å²) in [7, 11) is 0. The third kappa shape index (κ3) is 3.94. The van der Waals surface area contributed by atoms with Gasteiger partial charge in [0.25, 0.3) is 11.5 Å². The van der Waals surface area contributed by atoms with Crippen molar-refractivity contribution in [2.75, 3.05) is 0 Å². The summed E-state index contributed by atoms with van der Waals surface area (Å²) in [5.41, 5.74) is 2.08. The molecule has 0 aliphatic carbocycles. The molecular weight excluding hydrogens is 409 g/mol. The second-order valence-corrected chi connectivity index (χ2v) is 6.32. The summed E-state index contributed by atoms with van der Waals surface area (Å²) in [5, 5.41) is 12.5. The second kappa shape index (κ2) is 7.50. The van der Waals surface area contributed by atoms with Crippen LogP contribution in [-0.2, 0) is 6.18 Å². The Morgan fingerprint density at radius 3 is 2.40 bits per heavy atom. The highest BCUT2D eigenvalue weighted by molar-refractivity contribution is 6.04. The van der Waals surface area contributed by atoms with Crippen LogP contribution in [0.4, 0.5) is 18.0 Å². The molecule has 2 heterocycles. The molecule has 3 rings (SSSR count). The Morgan fingerprint density at radius 2 is 1.83 bits per heavy atom. The molecule has 0 saturated carbocycles. The van der Waals surface area contributed by atoms with Gasteiger partial charge in [0.2, 0.25) is 0 Å². The van der Waals surface area contributed by atoms with Crippen molar-refractivity contribution in [2.24, 2.45) is 0 Å². The minimum atomic E-state index is -4.49. The molecule has 0 spiro atoms. The Hall–Kier alpha value is -3.90. The van der Waals surface area contributed by atoms with Crippen LogP contribution in [0.2, 0.25) is 0 Å². The van der Waals surface area contributed by atoms with Crippen molar-refractivity contribution < 1.29 is 27.9 Å². The van der Waals surface area contributed by atoms with Gasteiger partial charge in [-0.3, -0.25) is 15.0 Å². The van der Waals surface area contributed by atoms with Crippen LogP contribution in [0, 0.1) is 6.92 Å². The Labute approximate surface area is 165 Å². The molecule has 0 aliphatic heterocycles. The van der Waals surface area contributed by atoms with Crippen LogP contribution < -0.4 is 16.4 Å². The fraction of sp³-hybridized carbons (Fsp3) is 0.235. The van der Waals surface area contributed by atoms with Gasteiger partial charge in [0.05, 0.1) is 11.6 Å². The molecule has 1 aromatic carbocycles. The summed E-state index contributed by atoms with van der Waals surface area (Å²) < 4.78 is 39.6. The summed E-state index contributed by atoms with van der Waals surface area (Å²) >= 11 is 0. The predicted octanol–water partition coefficient (Wildman–Crippen LogP) is 1.97. The molecule has 0 radical (unpaired) electrons. The Balaban J connectivity index is 2.10. The minimum absolute atomic E-state index is 0.0177. The van der Waals surface area contributed by atoms with E-state index in [1.54, 1.807) is 12.3 Å². The number of amides is 2. The molecule has 2 amide bonds. The number of carboxylic acid groups (broad SMARTS) is 1. The highest BCUT2D eigenvalue weighted by Crippen LogP contribution is 2.31. The second-order valence-electron chi connectivity index (χ2n) is 6.32. The lowest BCUT2D eigenvalue weighted by Gasteiger charge is -2.15. The maximum absolute atomic E-state index is 12.8. The summed E-state index contributed by atoms with van der Waals surface area (Å²) in [6.07, 6.45) is -6.03. The number of nitrogens with one attached hydrogen (secondary N) is 3. The van der Waals surface area contributed by atoms with Crippen molar-refractivity contribution in [3.8, 4) is 0 Å². The fourth-order valence-corrected chi connectivity index (χ4v) is 2.85. The van der Waals surface area contributed by atoms with Crippen LogP contribution in [0.25, 0.3) is 11.0 Å². The number of aromatic amines is 1. The molecule has 3 aromatic rings. The summed E-state index contributed by atoms with van der Waals surface area (Å²) in [6.45, 7) is 3.11. The van der Waals surface area contributed by atoms with E-state index in [-0.39, 0.29) is 16.9 Å². The molecule has 0 saturated heterocycles. The number of aromatic nitrogens is 4. The Bertz CT molecular complexity index is 1180. The molecule has 1 unspecified atom stereocenters. The molecule has 30 heavy (non-hydrogen) atoms. The number of alkyl halides is 3. The van der Waals surface area contributed by atoms with E-state index in [4.69, 9.17) is 5.11 Å². The van der Waals surface area contributed by atoms with Gasteiger partial charge in [-0.1, -0.05) is 12.1 Å². The number of halogens is 3. The maximum atomic E-state index is 12.8. The van der Waals surface area contributed by atoms with E-state index in [2.05, 4.69) is 15.1 Å². The standard InChI is InChI=1S/C17H15F3N6O4/c1-7(9-3-5-10(6-4-9)17(18,19)20)26-13-11(14(27)22-8(2)21-13)12(25-26)15(28)23-24-16(29)30/h3-7,24H,1-2H3,(H,23,28)(H,29,30)(H,21,22,27). The molecule has 1 atom stereocenters. The van der Waals surface area contributed by atoms with E-state index >= 15 is 0 Å². The molecule has 10 nitrogen and oxygen atoms in total. The van der Waals surface area contributed by atoms with Gasteiger partial charge >= 0.3 is 12.3 Å². The first-order valence-electron chi connectivity index (χ1n) is 8.44. The number of aryl methyl sites for hydroxylation is 1. The lowest BCUT2D eigenvalue weighted by molar-refractivity contribution is -0.137. The van der Waals surface area contributed by atoms with E-state index in [1.165, 1.54) is 23.7 Å². The highest BCUT2D eigenvalue weighted by Gasteiger charge is 2.30. The number of benzene rings is 1. The van der Waals surface area contributed by atoms with Crippen molar-refractivity contribution in [1.82, 2.24) is 30.6 Å². The zero-order valence-corrected chi connectivity index (χ0v) is 15.5. The van der Waals surface area contributed by atoms with Crippen LogP contribution >= 0.6 is 0 Å². The smallest absolute Gasteiger partial charge is 0.423 e. The third-order valence-electron chi connectivity index (χ3n) is 4.27. The largest absolute Gasteiger partial charge is 0.464 e. The number of carbonyl (C=O) groups excluding carboxylic acids is 1. The lowest BCUT2D eigenvalue weighted by atomic mass is 10.1. The zero-order chi connectivity index (χ0) is 22.2. The first kappa shape index (κ1) is 20.8. The van der Waals surface area contributed by atoms with Gasteiger partial charge in [-0.05, 0) is 31.5 Å². The maximum Gasteiger partial charge on any atom is 0.423 e. The van der Waals surface area contributed by atoms with E-state index in [0.717, 1.165) is 12.1 Å². The fourth-order valence-electron chi connectivity index (χ4n) is 2.85. The van der Waals surface area contributed by atoms with Crippen molar-refractivity contribution >= 4 is 23.0 Å². The first-order valence-corrected chi connectivity index (χ1v) is 8.44. The van der Waals surface area contributed by atoms with E-state index in [0.29, 0.717) is 5.56 Å². The Morgan fingerprint density at radius 1 is 1.20 bits per heavy atom. The zero-order valence-electron chi connectivity index (χ0n) is 15.5. The topological polar surface area (TPSA) is 142 Å². The van der Waals surface area contributed by atoms with Gasteiger partial charge in [-0.25, -0.2) is 19.9 Å². The molecule has 158 valence electrons. The molecule has 0 aliphatic rings. The SMILES string of the molecule is Cc1nc2c(c(C(=O)NNC(=O)O)nn2C(C)c2ccc(C(F)(F)F)cc2)c(=O)[nH]1. The number of H-pyrrole nitrogens is 1. The van der Waals surface area contributed by atoms with Crippen LogP contribution in [0.1, 0.15) is 40.4 Å². The summed E-state index contributed by atoms with van der Waals surface area (Å²) in [5.74, 6) is -0.777. The molecule has 13 heteroatoms. The van der Waals surface area contributed by atoms with Crippen molar-refractivity contribution in [3.63, 3.8) is 0 Å². The van der Waals surface area contributed by atoms with Gasteiger partial charge in [-0.15, -0.1) is 0 Å². The number of hydrogen-bond acceptors (Lipinski definition) is 5. The molecule has 2 aromatic heterocycles. The van der Waals surface area contributed by atoms with Gasteiger partial charge in [0.15, 0.2) is 11.3 Å². The number of carbonyl (C=O) groups is 2. The summed E-state index contributed by atoms with van der Waals surface area (Å²) in [4.78, 5) is 41.9. The van der Waals surface area contributed by atoms with E-state index in [1.807, 2.05) is 5.43 Å². The minimum Gasteiger partial charge on any atom is -0.464 e. The number of hydrogen-bond donors (Lipinski definition) is 4. The van der Waals surface area contributed by atoms with E-state index < -0.39 is 41.0 Å². The van der Waals surface area contributed by atoms with Crippen LogP contribution in [0.5, 0.6) is 0 Å². The van der Waals surface area contributed by atoms with Gasteiger partial charge in [0, 0.05) is 0 Å². The van der Waals surface area contributed by atoms with Crippen LogP contribution in [0.15, 0.2) is 29.1 Å². The monoisotopic (exact) mass is 424 g/mol. The average Bonchev–Trinajstić information content (AvgIpc) is 3.04. The normalized spacial score (nSPS) is 12.6. The molecule has 4 N–H and O–H groups in total. The van der Waals surface area contributed by atoms with Crippen molar-refractivity contribution in [3.05, 3.63) is 57.3 Å². The van der Waals surface area contributed by atoms with Crippen LogP contribution in [-0.4, -0.2) is 36.9 Å². The van der Waals surface area contributed by atoms with Gasteiger partial charge < -0.3 is 10.1 Å². The molecular formula is C17H15F3N6O4. The van der Waals surface area contributed by atoms with Crippen molar-refractivity contribution in [2.45, 2.75) is 26.1 Å². The Kier molecular flexibility index (Phi) is 5.20. The average molecular weight is 424 g/mol. The summed E-state index contributed by atoms with van der Waals surface area (Å²) in [6, 6.07) is 3.64. The van der Waals surface area contributed by atoms with Gasteiger partial charge in [-0.2, -0.15) is 18.3 Å². The van der Waals surface area contributed by atoms with Crippen LogP contribution in [0.3, 0.4) is 0 Å². The van der Waals surface area contributed by atoms with E-state index in [9.17, 15) is 27.6 Å².